The second kappa shape index (κ2) is 9.38. The maximum absolute atomic E-state index is 12.1. The third-order valence-electron chi connectivity index (χ3n) is 3.65. The third kappa shape index (κ3) is 5.70. The molecule has 8 heteroatoms. The molecule has 3 rings (SSSR count). The molecule has 27 heavy (non-hydrogen) atoms. The lowest BCUT2D eigenvalue weighted by atomic mass is 10.2. The molecule has 2 aromatic heterocycles. The van der Waals surface area contributed by atoms with E-state index in [2.05, 4.69) is 15.6 Å². The molecule has 0 spiro atoms. The normalized spacial score (nSPS) is 10.6. The summed E-state index contributed by atoms with van der Waals surface area (Å²) in [5.74, 6) is 0.997. The van der Waals surface area contributed by atoms with Crippen LogP contribution < -0.4 is 10.6 Å². The van der Waals surface area contributed by atoms with Gasteiger partial charge in [-0.05, 0) is 25.1 Å². The van der Waals surface area contributed by atoms with Crippen LogP contribution in [0.5, 0.6) is 0 Å². The Morgan fingerprint density at radius 1 is 1.22 bits per heavy atom. The van der Waals surface area contributed by atoms with E-state index >= 15 is 0 Å². The SMILES string of the molecule is Cc1occc1C(=O)Nc1nc(CC(=O)NCCSc2ccccc2)cs1. The number of benzene rings is 1. The van der Waals surface area contributed by atoms with E-state index in [0.29, 0.717) is 28.7 Å². The smallest absolute Gasteiger partial charge is 0.260 e. The monoisotopic (exact) mass is 401 g/mol. The molecule has 0 radical (unpaired) electrons. The number of rotatable bonds is 8. The minimum Gasteiger partial charge on any atom is -0.469 e. The minimum absolute atomic E-state index is 0.0856. The molecule has 3 aromatic rings. The van der Waals surface area contributed by atoms with Gasteiger partial charge in [0.25, 0.3) is 5.91 Å². The van der Waals surface area contributed by atoms with Gasteiger partial charge in [0.05, 0.1) is 23.9 Å². The zero-order chi connectivity index (χ0) is 19.1. The topological polar surface area (TPSA) is 84.2 Å². The van der Waals surface area contributed by atoms with Crippen molar-refractivity contribution in [1.82, 2.24) is 10.3 Å². The number of thioether (sulfide) groups is 1. The Kier molecular flexibility index (Phi) is 6.67. The van der Waals surface area contributed by atoms with Crippen molar-refractivity contribution in [2.24, 2.45) is 0 Å². The van der Waals surface area contributed by atoms with E-state index in [9.17, 15) is 9.59 Å². The molecule has 0 saturated heterocycles. The summed E-state index contributed by atoms with van der Waals surface area (Å²) >= 11 is 2.99. The third-order valence-corrected chi connectivity index (χ3v) is 5.47. The molecule has 0 atom stereocenters. The molecule has 0 aliphatic heterocycles. The second-order valence-electron chi connectivity index (χ2n) is 5.68. The lowest BCUT2D eigenvalue weighted by Gasteiger charge is -2.04. The molecule has 6 nitrogen and oxygen atoms in total. The lowest BCUT2D eigenvalue weighted by Crippen LogP contribution is -2.27. The van der Waals surface area contributed by atoms with E-state index in [1.165, 1.54) is 22.5 Å². The summed E-state index contributed by atoms with van der Waals surface area (Å²) in [7, 11) is 0. The summed E-state index contributed by atoms with van der Waals surface area (Å²) < 4.78 is 5.12. The highest BCUT2D eigenvalue weighted by Crippen LogP contribution is 2.18. The van der Waals surface area contributed by atoms with E-state index in [-0.39, 0.29) is 18.2 Å². The summed E-state index contributed by atoms with van der Waals surface area (Å²) in [5.41, 5.74) is 1.10. The van der Waals surface area contributed by atoms with Gasteiger partial charge >= 0.3 is 0 Å². The molecule has 0 fully saturated rings. The molecule has 0 saturated carbocycles. The Morgan fingerprint density at radius 3 is 2.78 bits per heavy atom. The standard InChI is InChI=1S/C19H19N3O3S2/c1-13-16(7-9-25-13)18(24)22-19-21-14(12-27-19)11-17(23)20-8-10-26-15-5-3-2-4-6-15/h2-7,9,12H,8,10-11H2,1H3,(H,20,23)(H,21,22,24). The van der Waals surface area contributed by atoms with Crippen LogP contribution >= 0.6 is 23.1 Å². The van der Waals surface area contributed by atoms with Gasteiger partial charge in [-0.1, -0.05) is 18.2 Å². The maximum atomic E-state index is 12.1. The van der Waals surface area contributed by atoms with E-state index in [4.69, 9.17) is 4.42 Å². The van der Waals surface area contributed by atoms with Crippen molar-refractivity contribution < 1.29 is 14.0 Å². The number of furan rings is 1. The molecule has 0 aliphatic rings. The van der Waals surface area contributed by atoms with Crippen LogP contribution in [0.3, 0.4) is 0 Å². The number of hydrogen-bond donors (Lipinski definition) is 2. The molecule has 2 N–H and O–H groups in total. The van der Waals surface area contributed by atoms with Crippen molar-refractivity contribution in [2.75, 3.05) is 17.6 Å². The average molecular weight is 402 g/mol. The molecule has 140 valence electrons. The van der Waals surface area contributed by atoms with Gasteiger partial charge in [0.2, 0.25) is 5.91 Å². The molecular formula is C19H19N3O3S2. The van der Waals surface area contributed by atoms with Crippen molar-refractivity contribution in [3.63, 3.8) is 0 Å². The number of anilines is 1. The van der Waals surface area contributed by atoms with Crippen LogP contribution in [0.4, 0.5) is 5.13 Å². The van der Waals surface area contributed by atoms with Crippen LogP contribution in [0.1, 0.15) is 21.8 Å². The molecule has 0 aliphatic carbocycles. The number of nitrogens with one attached hydrogen (secondary N) is 2. The van der Waals surface area contributed by atoms with E-state index < -0.39 is 0 Å². The average Bonchev–Trinajstić information content (AvgIpc) is 3.28. The van der Waals surface area contributed by atoms with Gasteiger partial charge in [0.1, 0.15) is 5.76 Å². The summed E-state index contributed by atoms with van der Waals surface area (Å²) in [5, 5.41) is 7.84. The number of amides is 2. The molecule has 2 amide bonds. The number of carbonyl (C=O) groups excluding carboxylic acids is 2. The maximum Gasteiger partial charge on any atom is 0.260 e. The number of nitrogens with zero attached hydrogens (tertiary/aromatic N) is 1. The van der Waals surface area contributed by atoms with Gasteiger partial charge in [-0.25, -0.2) is 4.98 Å². The first-order chi connectivity index (χ1) is 13.1. The van der Waals surface area contributed by atoms with Gasteiger partial charge in [-0.3, -0.25) is 14.9 Å². The molecule has 1 aromatic carbocycles. The van der Waals surface area contributed by atoms with Crippen LogP contribution in [-0.4, -0.2) is 29.1 Å². The first-order valence-electron chi connectivity index (χ1n) is 8.36. The summed E-state index contributed by atoms with van der Waals surface area (Å²) in [4.78, 5) is 29.6. The van der Waals surface area contributed by atoms with Crippen LogP contribution in [0.25, 0.3) is 0 Å². The first kappa shape index (κ1) is 19.2. The highest BCUT2D eigenvalue weighted by molar-refractivity contribution is 7.99. The number of aromatic nitrogens is 1. The summed E-state index contributed by atoms with van der Waals surface area (Å²) in [6, 6.07) is 11.7. The van der Waals surface area contributed by atoms with Crippen molar-refractivity contribution in [2.45, 2.75) is 18.2 Å². The summed E-state index contributed by atoms with van der Waals surface area (Å²) in [6.45, 7) is 2.31. The van der Waals surface area contributed by atoms with Crippen LogP contribution in [0.15, 0.2) is 57.4 Å². The Morgan fingerprint density at radius 2 is 2.04 bits per heavy atom. The van der Waals surface area contributed by atoms with Crippen molar-refractivity contribution in [1.29, 1.82) is 0 Å². The van der Waals surface area contributed by atoms with Crippen molar-refractivity contribution in [3.05, 3.63) is 65.1 Å². The Hall–Kier alpha value is -2.58. The fourth-order valence-corrected chi connectivity index (χ4v) is 3.83. The quantitative estimate of drug-likeness (QED) is 0.444. The van der Waals surface area contributed by atoms with Crippen LogP contribution in [-0.2, 0) is 11.2 Å². The van der Waals surface area contributed by atoms with E-state index in [0.717, 1.165) is 5.75 Å². The molecular weight excluding hydrogens is 382 g/mol. The molecule has 0 bridgehead atoms. The van der Waals surface area contributed by atoms with E-state index in [1.54, 1.807) is 30.1 Å². The highest BCUT2D eigenvalue weighted by Gasteiger charge is 2.14. The van der Waals surface area contributed by atoms with Crippen LogP contribution in [0.2, 0.25) is 0 Å². The fourth-order valence-electron chi connectivity index (χ4n) is 2.33. The Labute approximate surface area is 165 Å². The minimum atomic E-state index is -0.274. The number of hydrogen-bond acceptors (Lipinski definition) is 6. The van der Waals surface area contributed by atoms with Gasteiger partial charge in [0, 0.05) is 22.6 Å². The van der Waals surface area contributed by atoms with Gasteiger partial charge in [-0.15, -0.1) is 23.1 Å². The molecule has 2 heterocycles. The fraction of sp³-hybridized carbons (Fsp3) is 0.211. The first-order valence-corrected chi connectivity index (χ1v) is 10.2. The number of carbonyl (C=O) groups is 2. The second-order valence-corrected chi connectivity index (χ2v) is 7.70. The predicted molar refractivity (Wildman–Crippen MR) is 107 cm³/mol. The van der Waals surface area contributed by atoms with Crippen molar-refractivity contribution in [3.8, 4) is 0 Å². The lowest BCUT2D eigenvalue weighted by molar-refractivity contribution is -0.120. The number of thiazole rings is 1. The zero-order valence-corrected chi connectivity index (χ0v) is 16.4. The largest absolute Gasteiger partial charge is 0.469 e. The van der Waals surface area contributed by atoms with Gasteiger partial charge in [0.15, 0.2) is 5.13 Å². The summed E-state index contributed by atoms with van der Waals surface area (Å²) in [6.07, 6.45) is 1.66. The van der Waals surface area contributed by atoms with Gasteiger partial charge < -0.3 is 9.73 Å². The van der Waals surface area contributed by atoms with E-state index in [1.807, 2.05) is 30.3 Å². The van der Waals surface area contributed by atoms with Crippen molar-refractivity contribution >= 4 is 40.0 Å². The Balaban J connectivity index is 1.41. The highest BCUT2D eigenvalue weighted by atomic mass is 32.2. The number of aryl methyl sites for hydroxylation is 1. The molecule has 0 unspecified atom stereocenters. The zero-order valence-electron chi connectivity index (χ0n) is 14.7. The van der Waals surface area contributed by atoms with Crippen LogP contribution in [0, 0.1) is 6.92 Å². The van der Waals surface area contributed by atoms with Gasteiger partial charge in [-0.2, -0.15) is 0 Å². The predicted octanol–water partition coefficient (Wildman–Crippen LogP) is 3.75. The Bertz CT molecular complexity index is 906.